The molecule has 1 fully saturated rings. The van der Waals surface area contributed by atoms with Gasteiger partial charge in [-0.3, -0.25) is 4.79 Å². The van der Waals surface area contributed by atoms with Gasteiger partial charge in [-0.2, -0.15) is 5.26 Å². The molecule has 1 aliphatic rings. The van der Waals surface area contributed by atoms with Gasteiger partial charge in [0.1, 0.15) is 0 Å². The molecule has 0 spiro atoms. The van der Waals surface area contributed by atoms with Crippen molar-refractivity contribution in [1.82, 2.24) is 4.90 Å². The third-order valence-electron chi connectivity index (χ3n) is 3.53. The van der Waals surface area contributed by atoms with Crippen molar-refractivity contribution >= 4 is 17.6 Å². The van der Waals surface area contributed by atoms with Crippen molar-refractivity contribution in [2.45, 2.75) is 19.4 Å². The highest BCUT2D eigenvalue weighted by Crippen LogP contribution is 2.19. The monoisotopic (exact) mass is 302 g/mol. The van der Waals surface area contributed by atoms with Gasteiger partial charge in [0.25, 0.3) is 0 Å². The van der Waals surface area contributed by atoms with E-state index in [9.17, 15) is 9.59 Å². The Bertz CT molecular complexity index is 624. The average Bonchev–Trinajstić information content (AvgIpc) is 2.55. The van der Waals surface area contributed by atoms with Crippen LogP contribution in [0.5, 0.6) is 0 Å². The third kappa shape index (κ3) is 3.54. The molecule has 0 saturated carbocycles. The zero-order valence-electron chi connectivity index (χ0n) is 12.3. The number of primary amides is 1. The predicted molar refractivity (Wildman–Crippen MR) is 80.1 cm³/mol. The molecule has 0 bridgehead atoms. The summed E-state index contributed by atoms with van der Waals surface area (Å²) in [7, 11) is 0. The lowest BCUT2D eigenvalue weighted by Crippen LogP contribution is -2.51. The van der Waals surface area contributed by atoms with E-state index in [0.717, 1.165) is 5.56 Å². The van der Waals surface area contributed by atoms with E-state index in [-0.39, 0.29) is 19.2 Å². The Balaban J connectivity index is 2.09. The topological polar surface area (TPSA) is 108 Å². The minimum absolute atomic E-state index is 0.138. The molecule has 2 rings (SSSR count). The van der Waals surface area contributed by atoms with E-state index in [1.165, 1.54) is 4.90 Å². The van der Waals surface area contributed by atoms with E-state index in [0.29, 0.717) is 24.2 Å². The molecule has 0 aliphatic carbocycles. The summed E-state index contributed by atoms with van der Waals surface area (Å²) < 4.78 is 5.21. The molecular weight excluding hydrogens is 284 g/mol. The number of nitrogens with zero attached hydrogens (tertiary/aromatic N) is 2. The number of rotatable bonds is 3. The summed E-state index contributed by atoms with van der Waals surface area (Å²) >= 11 is 0. The summed E-state index contributed by atoms with van der Waals surface area (Å²) in [5.74, 6) is -0.579. The number of carbonyl (C=O) groups excluding carboxylic acids is 2. The van der Waals surface area contributed by atoms with Gasteiger partial charge in [-0.25, -0.2) is 4.79 Å². The molecule has 7 nitrogen and oxygen atoms in total. The number of hydrogen-bond acceptors (Lipinski definition) is 4. The van der Waals surface area contributed by atoms with E-state index < -0.39 is 12.0 Å². The fourth-order valence-corrected chi connectivity index (χ4v) is 2.28. The van der Waals surface area contributed by atoms with Crippen LogP contribution in [-0.2, 0) is 16.0 Å². The molecule has 7 heteroatoms. The summed E-state index contributed by atoms with van der Waals surface area (Å²) in [4.78, 5) is 25.0. The summed E-state index contributed by atoms with van der Waals surface area (Å²) in [6, 6.07) is 6.88. The Labute approximate surface area is 128 Å². The molecule has 1 saturated heterocycles. The third-order valence-corrected chi connectivity index (χ3v) is 3.53. The van der Waals surface area contributed by atoms with Crippen molar-refractivity contribution in [2.75, 3.05) is 25.0 Å². The first-order valence-corrected chi connectivity index (χ1v) is 7.05. The van der Waals surface area contributed by atoms with Gasteiger partial charge in [0.15, 0.2) is 6.10 Å². The molecule has 1 heterocycles. The molecule has 3 N–H and O–H groups in total. The summed E-state index contributed by atoms with van der Waals surface area (Å²) in [5.41, 5.74) is 7.30. The van der Waals surface area contributed by atoms with Crippen LogP contribution in [0.3, 0.4) is 0 Å². The first kappa shape index (κ1) is 15.8. The molecule has 0 aromatic heterocycles. The minimum atomic E-state index is -0.772. The highest BCUT2D eigenvalue weighted by molar-refractivity contribution is 5.91. The number of nitrogens with two attached hydrogens (primary N) is 1. The summed E-state index contributed by atoms with van der Waals surface area (Å²) in [5, 5.41) is 11.7. The maximum atomic E-state index is 12.3. The normalized spacial score (nSPS) is 17.6. The first-order valence-electron chi connectivity index (χ1n) is 7.05. The van der Waals surface area contributed by atoms with E-state index >= 15 is 0 Å². The quantitative estimate of drug-likeness (QED) is 0.862. The van der Waals surface area contributed by atoms with Crippen molar-refractivity contribution in [3.63, 3.8) is 0 Å². The average molecular weight is 302 g/mol. The number of nitrogens with one attached hydrogen (secondary N) is 1. The lowest BCUT2D eigenvalue weighted by Gasteiger charge is -2.31. The van der Waals surface area contributed by atoms with Gasteiger partial charge >= 0.3 is 6.03 Å². The van der Waals surface area contributed by atoms with Crippen molar-refractivity contribution in [1.29, 1.82) is 5.26 Å². The molecule has 1 aromatic carbocycles. The maximum Gasteiger partial charge on any atom is 0.322 e. The van der Waals surface area contributed by atoms with Crippen LogP contribution in [-0.4, -0.2) is 42.6 Å². The number of nitriles is 1. The molecule has 1 aromatic rings. The number of ether oxygens (including phenoxy) is 1. The van der Waals surface area contributed by atoms with E-state index in [4.69, 9.17) is 15.7 Å². The number of carbonyl (C=O) groups is 2. The number of urea groups is 1. The van der Waals surface area contributed by atoms with Crippen molar-refractivity contribution in [3.05, 3.63) is 29.3 Å². The van der Waals surface area contributed by atoms with Gasteiger partial charge in [0.2, 0.25) is 5.91 Å². The Morgan fingerprint density at radius 3 is 2.95 bits per heavy atom. The smallest absolute Gasteiger partial charge is 0.322 e. The fraction of sp³-hybridized carbons (Fsp3) is 0.400. The number of aryl methyl sites for hydroxylation is 1. The van der Waals surface area contributed by atoms with E-state index in [1.54, 1.807) is 18.2 Å². The maximum absolute atomic E-state index is 12.3. The SMILES string of the molecule is CCc1cc(C#N)ccc1NC(=O)N1CCO[C@H](C(N)=O)C1. The molecule has 1 aliphatic heterocycles. The van der Waals surface area contributed by atoms with Gasteiger partial charge in [0, 0.05) is 12.2 Å². The fourth-order valence-electron chi connectivity index (χ4n) is 2.28. The van der Waals surface area contributed by atoms with E-state index in [2.05, 4.69) is 11.4 Å². The van der Waals surface area contributed by atoms with Gasteiger partial charge in [-0.15, -0.1) is 0 Å². The molecule has 116 valence electrons. The standard InChI is InChI=1S/C15H18N4O3/c1-2-11-7-10(8-16)3-4-12(11)18-15(21)19-5-6-22-13(9-19)14(17)20/h3-4,7,13H,2,5-6,9H2,1H3,(H2,17,20)(H,18,21)/t13-/m0/s1. The van der Waals surface area contributed by atoms with Crippen molar-refractivity contribution < 1.29 is 14.3 Å². The Kier molecular flexibility index (Phi) is 4.96. The highest BCUT2D eigenvalue weighted by Gasteiger charge is 2.27. The predicted octanol–water partition coefficient (Wildman–Crippen LogP) is 0.839. The second-order valence-corrected chi connectivity index (χ2v) is 4.98. The van der Waals surface area contributed by atoms with Gasteiger partial charge in [-0.05, 0) is 30.2 Å². The van der Waals surface area contributed by atoms with Crippen LogP contribution in [0.15, 0.2) is 18.2 Å². The first-order chi connectivity index (χ1) is 10.5. The Morgan fingerprint density at radius 2 is 2.32 bits per heavy atom. The number of morpholine rings is 1. The highest BCUT2D eigenvalue weighted by atomic mass is 16.5. The van der Waals surface area contributed by atoms with Gasteiger partial charge in [-0.1, -0.05) is 6.92 Å². The van der Waals surface area contributed by atoms with Gasteiger partial charge in [0.05, 0.1) is 24.8 Å². The minimum Gasteiger partial charge on any atom is -0.367 e. The lowest BCUT2D eigenvalue weighted by atomic mass is 10.1. The molecule has 22 heavy (non-hydrogen) atoms. The van der Waals surface area contributed by atoms with Crippen molar-refractivity contribution in [3.8, 4) is 6.07 Å². The summed E-state index contributed by atoms with van der Waals surface area (Å²) in [6.45, 7) is 2.76. The Morgan fingerprint density at radius 1 is 1.55 bits per heavy atom. The second kappa shape index (κ2) is 6.91. The largest absolute Gasteiger partial charge is 0.367 e. The number of hydrogen-bond donors (Lipinski definition) is 2. The van der Waals surface area contributed by atoms with Crippen LogP contribution in [0, 0.1) is 11.3 Å². The molecule has 0 radical (unpaired) electrons. The van der Waals surface area contributed by atoms with E-state index in [1.807, 2.05) is 6.92 Å². The van der Waals surface area contributed by atoms with Crippen LogP contribution in [0.2, 0.25) is 0 Å². The summed E-state index contributed by atoms with van der Waals surface area (Å²) in [6.07, 6.45) is -0.0795. The van der Waals surface area contributed by atoms with Crippen LogP contribution in [0.4, 0.5) is 10.5 Å². The Hall–Kier alpha value is -2.59. The second-order valence-electron chi connectivity index (χ2n) is 4.98. The number of anilines is 1. The van der Waals surface area contributed by atoms with Crippen LogP contribution < -0.4 is 11.1 Å². The molecular formula is C15H18N4O3. The van der Waals surface area contributed by atoms with Crippen LogP contribution in [0.1, 0.15) is 18.1 Å². The molecule has 3 amide bonds. The van der Waals surface area contributed by atoms with Gasteiger partial charge < -0.3 is 20.7 Å². The number of amides is 3. The van der Waals surface area contributed by atoms with Crippen molar-refractivity contribution in [2.24, 2.45) is 5.73 Å². The van der Waals surface area contributed by atoms with Crippen LogP contribution in [0.25, 0.3) is 0 Å². The number of benzene rings is 1. The van der Waals surface area contributed by atoms with Crippen LogP contribution >= 0.6 is 0 Å². The molecule has 1 atom stereocenters. The lowest BCUT2D eigenvalue weighted by molar-refractivity contribution is -0.133. The zero-order chi connectivity index (χ0) is 16.1. The molecule has 0 unspecified atom stereocenters. The zero-order valence-corrected chi connectivity index (χ0v) is 12.3.